The van der Waals surface area contributed by atoms with Gasteiger partial charge in [-0.15, -0.1) is 0 Å². The molecule has 4 heteroatoms. The molecule has 0 spiro atoms. The second-order valence-corrected chi connectivity index (χ2v) is 4.23. The van der Waals surface area contributed by atoms with Crippen LogP contribution in [0.3, 0.4) is 0 Å². The van der Waals surface area contributed by atoms with Gasteiger partial charge in [-0.2, -0.15) is 0 Å². The van der Waals surface area contributed by atoms with Gasteiger partial charge in [0.05, 0.1) is 0 Å². The van der Waals surface area contributed by atoms with Crippen molar-refractivity contribution in [3.63, 3.8) is 0 Å². The van der Waals surface area contributed by atoms with Crippen LogP contribution in [0.15, 0.2) is 24.3 Å². The van der Waals surface area contributed by atoms with Gasteiger partial charge in [-0.3, -0.25) is 4.79 Å². The SMILES string of the molecule is CC(C)NCCCNC(=O)c1cccc(F)c1. The molecule has 1 rings (SSSR count). The Hall–Kier alpha value is -1.42. The van der Waals surface area contributed by atoms with Crippen molar-refractivity contribution in [1.82, 2.24) is 10.6 Å². The third-order valence-electron chi connectivity index (χ3n) is 2.28. The van der Waals surface area contributed by atoms with Crippen molar-refractivity contribution in [2.24, 2.45) is 0 Å². The largest absolute Gasteiger partial charge is 0.352 e. The number of halogens is 1. The molecule has 3 nitrogen and oxygen atoms in total. The second-order valence-electron chi connectivity index (χ2n) is 4.23. The normalized spacial score (nSPS) is 10.6. The average molecular weight is 238 g/mol. The standard InChI is InChI=1S/C13H19FN2O/c1-10(2)15-7-4-8-16-13(17)11-5-3-6-12(14)9-11/h3,5-6,9-10,15H,4,7-8H2,1-2H3,(H,16,17). The Morgan fingerprint density at radius 1 is 1.35 bits per heavy atom. The highest BCUT2D eigenvalue weighted by atomic mass is 19.1. The van der Waals surface area contributed by atoms with Gasteiger partial charge in [0.25, 0.3) is 5.91 Å². The van der Waals surface area contributed by atoms with E-state index in [2.05, 4.69) is 24.5 Å². The van der Waals surface area contributed by atoms with Gasteiger partial charge in [-0.25, -0.2) is 4.39 Å². The number of rotatable bonds is 6. The molecular weight excluding hydrogens is 219 g/mol. The number of benzene rings is 1. The van der Waals surface area contributed by atoms with Crippen molar-refractivity contribution in [2.75, 3.05) is 13.1 Å². The van der Waals surface area contributed by atoms with Crippen LogP contribution in [0.1, 0.15) is 30.6 Å². The van der Waals surface area contributed by atoms with Crippen LogP contribution < -0.4 is 10.6 Å². The third kappa shape index (κ3) is 5.45. The topological polar surface area (TPSA) is 41.1 Å². The zero-order valence-electron chi connectivity index (χ0n) is 10.3. The lowest BCUT2D eigenvalue weighted by molar-refractivity contribution is 0.0953. The first-order chi connectivity index (χ1) is 8.09. The minimum Gasteiger partial charge on any atom is -0.352 e. The van der Waals surface area contributed by atoms with Crippen molar-refractivity contribution in [3.05, 3.63) is 35.6 Å². The molecule has 2 N–H and O–H groups in total. The van der Waals surface area contributed by atoms with Gasteiger partial charge in [-0.1, -0.05) is 19.9 Å². The zero-order valence-corrected chi connectivity index (χ0v) is 10.3. The highest BCUT2D eigenvalue weighted by molar-refractivity contribution is 5.94. The third-order valence-corrected chi connectivity index (χ3v) is 2.28. The van der Waals surface area contributed by atoms with E-state index in [1.807, 2.05) is 0 Å². The lowest BCUT2D eigenvalue weighted by atomic mass is 10.2. The van der Waals surface area contributed by atoms with E-state index in [4.69, 9.17) is 0 Å². The minimum atomic E-state index is -0.390. The van der Waals surface area contributed by atoms with Gasteiger partial charge in [0.15, 0.2) is 0 Å². The monoisotopic (exact) mass is 238 g/mol. The maximum Gasteiger partial charge on any atom is 0.251 e. The molecule has 1 amide bonds. The summed E-state index contributed by atoms with van der Waals surface area (Å²) >= 11 is 0. The van der Waals surface area contributed by atoms with Crippen LogP contribution in [0.2, 0.25) is 0 Å². The van der Waals surface area contributed by atoms with E-state index in [1.165, 1.54) is 18.2 Å². The molecule has 1 aromatic carbocycles. The predicted molar refractivity (Wildman–Crippen MR) is 66.5 cm³/mol. The second kappa shape index (κ2) is 7.01. The van der Waals surface area contributed by atoms with Crippen molar-refractivity contribution in [1.29, 1.82) is 0 Å². The number of hydrogen-bond donors (Lipinski definition) is 2. The number of hydrogen-bond acceptors (Lipinski definition) is 2. The Morgan fingerprint density at radius 3 is 2.76 bits per heavy atom. The molecule has 17 heavy (non-hydrogen) atoms. The molecule has 0 atom stereocenters. The van der Waals surface area contributed by atoms with E-state index in [9.17, 15) is 9.18 Å². The zero-order chi connectivity index (χ0) is 12.7. The highest BCUT2D eigenvalue weighted by Gasteiger charge is 2.04. The number of amides is 1. The Labute approximate surface area is 101 Å². The Kier molecular flexibility index (Phi) is 5.63. The van der Waals surface area contributed by atoms with Crippen molar-refractivity contribution < 1.29 is 9.18 Å². The smallest absolute Gasteiger partial charge is 0.251 e. The fourth-order valence-electron chi connectivity index (χ4n) is 1.41. The molecule has 0 radical (unpaired) electrons. The van der Waals surface area contributed by atoms with Crippen LogP contribution >= 0.6 is 0 Å². The molecule has 0 aromatic heterocycles. The van der Waals surface area contributed by atoms with Crippen molar-refractivity contribution in [2.45, 2.75) is 26.3 Å². The van der Waals surface area contributed by atoms with Gasteiger partial charge in [-0.05, 0) is 31.2 Å². The van der Waals surface area contributed by atoms with E-state index in [-0.39, 0.29) is 11.7 Å². The number of nitrogens with one attached hydrogen (secondary N) is 2. The number of carbonyl (C=O) groups excluding carboxylic acids is 1. The van der Waals surface area contributed by atoms with Crippen molar-refractivity contribution >= 4 is 5.91 Å². The number of carbonyl (C=O) groups is 1. The van der Waals surface area contributed by atoms with Gasteiger partial charge in [0.2, 0.25) is 0 Å². The van der Waals surface area contributed by atoms with Crippen LogP contribution in [0.5, 0.6) is 0 Å². The summed E-state index contributed by atoms with van der Waals surface area (Å²) in [4.78, 5) is 11.6. The fraction of sp³-hybridized carbons (Fsp3) is 0.462. The van der Waals surface area contributed by atoms with E-state index in [1.54, 1.807) is 6.07 Å². The summed E-state index contributed by atoms with van der Waals surface area (Å²) in [6, 6.07) is 6.15. The summed E-state index contributed by atoms with van der Waals surface area (Å²) in [6.45, 7) is 5.60. The maximum atomic E-state index is 12.9. The van der Waals surface area contributed by atoms with Crippen molar-refractivity contribution in [3.8, 4) is 0 Å². The highest BCUT2D eigenvalue weighted by Crippen LogP contribution is 2.02. The van der Waals surface area contributed by atoms with Gasteiger partial charge >= 0.3 is 0 Å². The molecule has 0 bridgehead atoms. The van der Waals surface area contributed by atoms with Crippen LogP contribution in [0.25, 0.3) is 0 Å². The summed E-state index contributed by atoms with van der Waals surface area (Å²) in [5.74, 6) is -0.617. The molecule has 0 saturated heterocycles. The van der Waals surface area contributed by atoms with Crippen LogP contribution in [0, 0.1) is 5.82 Å². The van der Waals surface area contributed by atoms with E-state index >= 15 is 0 Å². The molecule has 0 unspecified atom stereocenters. The molecule has 0 heterocycles. The average Bonchev–Trinajstić information content (AvgIpc) is 2.28. The first kappa shape index (κ1) is 13.6. The molecule has 0 saturated carbocycles. The summed E-state index contributed by atoms with van der Waals surface area (Å²) in [7, 11) is 0. The summed E-state index contributed by atoms with van der Waals surface area (Å²) < 4.78 is 12.9. The Balaban J connectivity index is 2.26. The Morgan fingerprint density at radius 2 is 2.12 bits per heavy atom. The van der Waals surface area contributed by atoms with Gasteiger partial charge < -0.3 is 10.6 Å². The molecule has 0 fully saturated rings. The summed E-state index contributed by atoms with van der Waals surface area (Å²) in [5, 5.41) is 6.01. The molecule has 94 valence electrons. The quantitative estimate of drug-likeness (QED) is 0.744. The fourth-order valence-corrected chi connectivity index (χ4v) is 1.41. The minimum absolute atomic E-state index is 0.228. The lowest BCUT2D eigenvalue weighted by Gasteiger charge is -2.08. The van der Waals surface area contributed by atoms with Gasteiger partial charge in [0, 0.05) is 18.2 Å². The van der Waals surface area contributed by atoms with Crippen LogP contribution in [-0.2, 0) is 0 Å². The molecule has 0 aliphatic rings. The molecule has 0 aliphatic carbocycles. The van der Waals surface area contributed by atoms with E-state index in [0.717, 1.165) is 13.0 Å². The van der Waals surface area contributed by atoms with E-state index in [0.29, 0.717) is 18.2 Å². The Bertz CT molecular complexity index is 366. The predicted octanol–water partition coefficient (Wildman–Crippen LogP) is 1.94. The lowest BCUT2D eigenvalue weighted by Crippen LogP contribution is -2.29. The van der Waals surface area contributed by atoms with Gasteiger partial charge in [0.1, 0.15) is 5.82 Å². The summed E-state index contributed by atoms with van der Waals surface area (Å²) in [6.07, 6.45) is 0.860. The van der Waals surface area contributed by atoms with E-state index < -0.39 is 0 Å². The van der Waals surface area contributed by atoms with Crippen LogP contribution in [0.4, 0.5) is 4.39 Å². The first-order valence-corrected chi connectivity index (χ1v) is 5.86. The first-order valence-electron chi connectivity index (χ1n) is 5.86. The van der Waals surface area contributed by atoms with Crippen LogP contribution in [-0.4, -0.2) is 25.0 Å². The molecular formula is C13H19FN2O. The summed E-state index contributed by atoms with van der Waals surface area (Å²) in [5.41, 5.74) is 0.363. The maximum absolute atomic E-state index is 12.9. The molecule has 1 aromatic rings. The molecule has 0 aliphatic heterocycles.